The molecule has 0 bridgehead atoms. The Hall–Kier alpha value is -3.19. The number of carbonyl (C=O) groups is 1. The second-order valence-corrected chi connectivity index (χ2v) is 8.56. The summed E-state index contributed by atoms with van der Waals surface area (Å²) in [5, 5.41) is 0. The molecule has 3 aromatic carbocycles. The third-order valence-corrected chi connectivity index (χ3v) is 6.32. The van der Waals surface area contributed by atoms with E-state index in [1.165, 1.54) is 54.1 Å². The number of nitrogens with zero attached hydrogens (tertiary/aromatic N) is 1. The Morgan fingerprint density at radius 2 is 1.55 bits per heavy atom. The number of anilines is 1. The van der Waals surface area contributed by atoms with Crippen molar-refractivity contribution in [3.63, 3.8) is 0 Å². The minimum atomic E-state index is -3.83. The van der Waals surface area contributed by atoms with Gasteiger partial charge in [-0.05, 0) is 66.1 Å². The molecule has 0 aliphatic carbocycles. The maximum absolute atomic E-state index is 13.0. The molecule has 0 saturated heterocycles. The van der Waals surface area contributed by atoms with Crippen molar-refractivity contribution in [3.8, 4) is 0 Å². The lowest BCUT2D eigenvalue weighted by Gasteiger charge is -2.29. The van der Waals surface area contributed by atoms with E-state index in [0.717, 1.165) is 12.0 Å². The first-order chi connectivity index (χ1) is 13.9. The predicted molar refractivity (Wildman–Crippen MR) is 109 cm³/mol. The third kappa shape index (κ3) is 4.14. The van der Waals surface area contributed by atoms with Gasteiger partial charge in [-0.2, -0.15) is 0 Å². The van der Waals surface area contributed by atoms with Gasteiger partial charge in [-0.3, -0.25) is 9.52 Å². The van der Waals surface area contributed by atoms with Crippen LogP contribution in [0.5, 0.6) is 0 Å². The van der Waals surface area contributed by atoms with E-state index in [2.05, 4.69) is 10.8 Å². The van der Waals surface area contributed by atoms with E-state index in [9.17, 15) is 17.6 Å². The standard InChI is InChI=1S/C22H19FN2O3S/c23-19-7-9-20(10-8-19)24-29(27,28)21-11-5-17(6-12-21)22(26)25-14-13-16-3-1-2-4-18(16)15-25/h1-12,24H,13-15H2. The number of nitrogens with one attached hydrogen (secondary N) is 1. The van der Waals surface area contributed by atoms with Gasteiger partial charge in [0.2, 0.25) is 0 Å². The molecule has 0 spiro atoms. The Balaban J connectivity index is 1.49. The van der Waals surface area contributed by atoms with E-state index in [1.54, 1.807) is 4.90 Å². The molecule has 148 valence electrons. The number of hydrogen-bond donors (Lipinski definition) is 1. The van der Waals surface area contributed by atoms with Gasteiger partial charge < -0.3 is 4.90 Å². The first-order valence-electron chi connectivity index (χ1n) is 9.17. The Morgan fingerprint density at radius 3 is 2.24 bits per heavy atom. The molecule has 1 heterocycles. The van der Waals surface area contributed by atoms with Crippen LogP contribution in [0.1, 0.15) is 21.5 Å². The van der Waals surface area contributed by atoms with E-state index < -0.39 is 15.8 Å². The first-order valence-corrected chi connectivity index (χ1v) is 10.7. The number of fused-ring (bicyclic) bond motifs is 1. The van der Waals surface area contributed by atoms with Gasteiger partial charge in [0.05, 0.1) is 4.90 Å². The summed E-state index contributed by atoms with van der Waals surface area (Å²) in [6, 6.07) is 18.9. The quantitative estimate of drug-likeness (QED) is 0.711. The lowest BCUT2D eigenvalue weighted by molar-refractivity contribution is 0.0734. The second kappa shape index (κ2) is 7.67. The Kier molecular flexibility index (Phi) is 5.07. The van der Waals surface area contributed by atoms with E-state index in [4.69, 9.17) is 0 Å². The van der Waals surface area contributed by atoms with Gasteiger partial charge in [-0.25, -0.2) is 12.8 Å². The highest BCUT2D eigenvalue weighted by Crippen LogP contribution is 2.22. The van der Waals surface area contributed by atoms with Crippen LogP contribution in [0.3, 0.4) is 0 Å². The zero-order valence-corrected chi connectivity index (χ0v) is 16.3. The van der Waals surface area contributed by atoms with Gasteiger partial charge >= 0.3 is 0 Å². The lowest BCUT2D eigenvalue weighted by atomic mass is 9.99. The van der Waals surface area contributed by atoms with Crippen LogP contribution >= 0.6 is 0 Å². The minimum absolute atomic E-state index is 0.0300. The van der Waals surface area contributed by atoms with Crippen molar-refractivity contribution in [1.82, 2.24) is 4.90 Å². The van der Waals surface area contributed by atoms with Crippen LogP contribution < -0.4 is 4.72 Å². The van der Waals surface area contributed by atoms with Crippen LogP contribution in [0.2, 0.25) is 0 Å². The summed E-state index contributed by atoms with van der Waals surface area (Å²) in [6.45, 7) is 1.17. The smallest absolute Gasteiger partial charge is 0.261 e. The fourth-order valence-electron chi connectivity index (χ4n) is 3.36. The van der Waals surface area contributed by atoms with Crippen LogP contribution in [0.25, 0.3) is 0 Å². The van der Waals surface area contributed by atoms with Crippen molar-refractivity contribution < 1.29 is 17.6 Å². The maximum atomic E-state index is 13.0. The summed E-state index contributed by atoms with van der Waals surface area (Å²) < 4.78 is 40.4. The fraction of sp³-hybridized carbons (Fsp3) is 0.136. The Bertz CT molecular complexity index is 1140. The highest BCUT2D eigenvalue weighted by atomic mass is 32.2. The predicted octanol–water partition coefficient (Wildman–Crippen LogP) is 3.83. The monoisotopic (exact) mass is 410 g/mol. The Morgan fingerprint density at radius 1 is 0.897 bits per heavy atom. The summed E-state index contributed by atoms with van der Waals surface area (Å²) in [5.41, 5.74) is 3.09. The molecular weight excluding hydrogens is 391 g/mol. The molecule has 1 aliphatic heterocycles. The fourth-order valence-corrected chi connectivity index (χ4v) is 4.42. The zero-order chi connectivity index (χ0) is 20.4. The average molecular weight is 410 g/mol. The highest BCUT2D eigenvalue weighted by molar-refractivity contribution is 7.92. The molecule has 1 amide bonds. The summed E-state index contributed by atoms with van der Waals surface area (Å²) in [5.74, 6) is -0.578. The van der Waals surface area contributed by atoms with Crippen molar-refractivity contribution in [2.24, 2.45) is 0 Å². The third-order valence-electron chi connectivity index (χ3n) is 4.93. The molecule has 0 radical (unpaired) electrons. The lowest BCUT2D eigenvalue weighted by Crippen LogP contribution is -2.35. The largest absolute Gasteiger partial charge is 0.334 e. The van der Waals surface area contributed by atoms with Crippen LogP contribution in [0.4, 0.5) is 10.1 Å². The van der Waals surface area contributed by atoms with Crippen molar-refractivity contribution in [2.75, 3.05) is 11.3 Å². The molecule has 0 fully saturated rings. The molecule has 5 nitrogen and oxygen atoms in total. The average Bonchev–Trinajstić information content (AvgIpc) is 2.74. The van der Waals surface area contributed by atoms with Crippen molar-refractivity contribution in [2.45, 2.75) is 17.9 Å². The summed E-state index contributed by atoms with van der Waals surface area (Å²) in [4.78, 5) is 14.6. The molecule has 3 aromatic rings. The topological polar surface area (TPSA) is 66.5 Å². The van der Waals surface area contributed by atoms with Gasteiger partial charge in [0.25, 0.3) is 15.9 Å². The van der Waals surface area contributed by atoms with Gasteiger partial charge in [0.15, 0.2) is 0 Å². The van der Waals surface area contributed by atoms with E-state index >= 15 is 0 Å². The number of halogens is 1. The van der Waals surface area contributed by atoms with Crippen LogP contribution in [0.15, 0.2) is 77.7 Å². The van der Waals surface area contributed by atoms with Gasteiger partial charge in [0.1, 0.15) is 5.82 Å². The number of hydrogen-bond acceptors (Lipinski definition) is 3. The molecule has 0 aromatic heterocycles. The molecule has 7 heteroatoms. The molecular formula is C22H19FN2O3S. The summed E-state index contributed by atoms with van der Waals surface area (Å²) in [7, 11) is -3.83. The number of sulfonamides is 1. The van der Waals surface area contributed by atoms with Crippen LogP contribution in [0, 0.1) is 5.82 Å². The molecule has 4 rings (SSSR count). The molecule has 0 unspecified atom stereocenters. The first kappa shape index (κ1) is 19.1. The van der Waals surface area contributed by atoms with E-state index in [1.807, 2.05) is 18.2 Å². The van der Waals surface area contributed by atoms with Gasteiger partial charge in [-0.15, -0.1) is 0 Å². The molecule has 29 heavy (non-hydrogen) atoms. The zero-order valence-electron chi connectivity index (χ0n) is 15.5. The molecule has 1 aliphatic rings. The molecule has 0 atom stereocenters. The summed E-state index contributed by atoms with van der Waals surface area (Å²) >= 11 is 0. The van der Waals surface area contributed by atoms with E-state index in [0.29, 0.717) is 18.7 Å². The number of carbonyl (C=O) groups excluding carboxylic acids is 1. The number of benzene rings is 3. The number of rotatable bonds is 4. The summed E-state index contributed by atoms with van der Waals surface area (Å²) in [6.07, 6.45) is 0.802. The van der Waals surface area contributed by atoms with E-state index in [-0.39, 0.29) is 16.5 Å². The van der Waals surface area contributed by atoms with Crippen molar-refractivity contribution in [1.29, 1.82) is 0 Å². The molecule has 0 saturated carbocycles. The maximum Gasteiger partial charge on any atom is 0.261 e. The minimum Gasteiger partial charge on any atom is -0.334 e. The van der Waals surface area contributed by atoms with Crippen LogP contribution in [-0.2, 0) is 23.0 Å². The Labute approximate surface area is 168 Å². The van der Waals surface area contributed by atoms with Gasteiger partial charge in [0, 0.05) is 24.3 Å². The normalized spacial score (nSPS) is 13.6. The number of amides is 1. The SMILES string of the molecule is O=C(c1ccc(S(=O)(=O)Nc2ccc(F)cc2)cc1)N1CCc2ccccc2C1. The second-order valence-electron chi connectivity index (χ2n) is 6.88. The van der Waals surface area contributed by atoms with Crippen LogP contribution in [-0.4, -0.2) is 25.8 Å². The van der Waals surface area contributed by atoms with Crippen molar-refractivity contribution in [3.05, 3.63) is 95.3 Å². The van der Waals surface area contributed by atoms with Crippen molar-refractivity contribution >= 4 is 21.6 Å². The highest BCUT2D eigenvalue weighted by Gasteiger charge is 2.22. The molecule has 1 N–H and O–H groups in total. The van der Waals surface area contributed by atoms with Gasteiger partial charge in [-0.1, -0.05) is 24.3 Å².